The van der Waals surface area contributed by atoms with Gasteiger partial charge in [-0.25, -0.2) is 8.42 Å². The quantitative estimate of drug-likeness (QED) is 0.906. The van der Waals surface area contributed by atoms with Crippen LogP contribution in [0.3, 0.4) is 0 Å². The Balaban J connectivity index is 2.38. The maximum atomic E-state index is 12.4. The predicted octanol–water partition coefficient (Wildman–Crippen LogP) is 1.55. The molecule has 0 unspecified atom stereocenters. The van der Waals surface area contributed by atoms with Crippen LogP contribution in [0.1, 0.15) is 5.69 Å². The summed E-state index contributed by atoms with van der Waals surface area (Å²) >= 11 is 0. The highest BCUT2D eigenvalue weighted by Crippen LogP contribution is 2.30. The number of aromatic nitrogens is 2. The highest BCUT2D eigenvalue weighted by atomic mass is 32.2. The van der Waals surface area contributed by atoms with Gasteiger partial charge in [0.15, 0.2) is 11.5 Å². The summed E-state index contributed by atoms with van der Waals surface area (Å²) in [5.41, 5.74) is 0.725. The zero-order valence-electron chi connectivity index (χ0n) is 12.2. The minimum atomic E-state index is -3.73. The van der Waals surface area contributed by atoms with Crippen LogP contribution in [0.4, 0.5) is 5.82 Å². The molecule has 114 valence electrons. The SMILES string of the molecule is COc1ccc(S(=O)(=O)Nc2cc(C)nn2C)cc1OC. The molecule has 21 heavy (non-hydrogen) atoms. The Bertz CT molecular complexity index is 753. The summed E-state index contributed by atoms with van der Waals surface area (Å²) < 4.78 is 38.9. The molecule has 0 atom stereocenters. The number of ether oxygens (including phenoxy) is 2. The molecular formula is C13H17N3O4S. The van der Waals surface area contributed by atoms with E-state index >= 15 is 0 Å². The van der Waals surface area contributed by atoms with E-state index in [0.29, 0.717) is 17.3 Å². The highest BCUT2D eigenvalue weighted by Gasteiger charge is 2.18. The molecule has 0 saturated carbocycles. The fourth-order valence-corrected chi connectivity index (χ4v) is 2.98. The summed E-state index contributed by atoms with van der Waals surface area (Å²) in [5, 5.41) is 4.10. The van der Waals surface area contributed by atoms with Gasteiger partial charge in [-0.2, -0.15) is 5.10 Å². The van der Waals surface area contributed by atoms with Gasteiger partial charge in [0.05, 0.1) is 24.8 Å². The van der Waals surface area contributed by atoms with Crippen molar-refractivity contribution in [2.45, 2.75) is 11.8 Å². The topological polar surface area (TPSA) is 82.5 Å². The molecule has 1 heterocycles. The van der Waals surface area contributed by atoms with Crippen molar-refractivity contribution in [1.82, 2.24) is 9.78 Å². The molecule has 0 bridgehead atoms. The van der Waals surface area contributed by atoms with Gasteiger partial charge >= 0.3 is 0 Å². The van der Waals surface area contributed by atoms with E-state index in [9.17, 15) is 8.42 Å². The molecular weight excluding hydrogens is 294 g/mol. The third-order valence-corrected chi connectivity index (χ3v) is 4.26. The molecule has 0 fully saturated rings. The second-order valence-corrected chi connectivity index (χ2v) is 6.10. The van der Waals surface area contributed by atoms with E-state index in [1.165, 1.54) is 31.0 Å². The normalized spacial score (nSPS) is 11.2. The van der Waals surface area contributed by atoms with Gasteiger partial charge in [0, 0.05) is 19.2 Å². The van der Waals surface area contributed by atoms with Crippen molar-refractivity contribution in [3.63, 3.8) is 0 Å². The molecule has 0 amide bonds. The Morgan fingerprint density at radius 2 is 1.81 bits per heavy atom. The third kappa shape index (κ3) is 3.10. The van der Waals surface area contributed by atoms with Crippen LogP contribution in [0.25, 0.3) is 0 Å². The highest BCUT2D eigenvalue weighted by molar-refractivity contribution is 7.92. The zero-order chi connectivity index (χ0) is 15.6. The van der Waals surface area contributed by atoms with Crippen molar-refractivity contribution in [3.05, 3.63) is 30.0 Å². The van der Waals surface area contributed by atoms with Crippen molar-refractivity contribution in [2.75, 3.05) is 18.9 Å². The zero-order valence-corrected chi connectivity index (χ0v) is 13.1. The fraction of sp³-hybridized carbons (Fsp3) is 0.308. The molecule has 0 aliphatic rings. The molecule has 1 aromatic carbocycles. The first-order chi connectivity index (χ1) is 9.87. The van der Waals surface area contributed by atoms with E-state index in [2.05, 4.69) is 9.82 Å². The van der Waals surface area contributed by atoms with E-state index in [1.807, 2.05) is 0 Å². The van der Waals surface area contributed by atoms with Crippen LogP contribution in [0.5, 0.6) is 11.5 Å². The van der Waals surface area contributed by atoms with Gasteiger partial charge < -0.3 is 9.47 Å². The maximum Gasteiger partial charge on any atom is 0.263 e. The molecule has 8 heteroatoms. The lowest BCUT2D eigenvalue weighted by Crippen LogP contribution is -2.15. The Hall–Kier alpha value is -2.22. The van der Waals surface area contributed by atoms with Gasteiger partial charge in [0.25, 0.3) is 10.0 Å². The first kappa shape index (κ1) is 15.2. The van der Waals surface area contributed by atoms with Crippen molar-refractivity contribution < 1.29 is 17.9 Å². The van der Waals surface area contributed by atoms with Gasteiger partial charge in [-0.1, -0.05) is 0 Å². The van der Waals surface area contributed by atoms with E-state index in [1.54, 1.807) is 26.1 Å². The molecule has 2 aromatic rings. The number of methoxy groups -OCH3 is 2. The van der Waals surface area contributed by atoms with Crippen molar-refractivity contribution in [3.8, 4) is 11.5 Å². The molecule has 1 N–H and O–H groups in total. The summed E-state index contributed by atoms with van der Waals surface area (Å²) in [5.74, 6) is 1.21. The minimum Gasteiger partial charge on any atom is -0.493 e. The number of hydrogen-bond acceptors (Lipinski definition) is 5. The fourth-order valence-electron chi connectivity index (χ4n) is 1.89. The predicted molar refractivity (Wildman–Crippen MR) is 78.3 cm³/mol. The molecule has 7 nitrogen and oxygen atoms in total. The first-order valence-electron chi connectivity index (χ1n) is 6.13. The van der Waals surface area contributed by atoms with Gasteiger partial charge in [-0.15, -0.1) is 0 Å². The van der Waals surface area contributed by atoms with Crippen molar-refractivity contribution >= 4 is 15.8 Å². The van der Waals surface area contributed by atoms with Crippen LogP contribution in [-0.2, 0) is 17.1 Å². The van der Waals surface area contributed by atoms with Crippen LogP contribution in [0.15, 0.2) is 29.2 Å². The maximum absolute atomic E-state index is 12.4. The minimum absolute atomic E-state index is 0.0824. The lowest BCUT2D eigenvalue weighted by molar-refractivity contribution is 0.354. The molecule has 0 aliphatic carbocycles. The summed E-state index contributed by atoms with van der Waals surface area (Å²) in [6, 6.07) is 6.05. The van der Waals surface area contributed by atoms with E-state index < -0.39 is 10.0 Å². The molecule has 2 rings (SSSR count). The Labute approximate surface area is 123 Å². The summed E-state index contributed by atoms with van der Waals surface area (Å²) in [7, 11) is 0.879. The Kier molecular flexibility index (Phi) is 4.08. The molecule has 0 spiro atoms. The van der Waals surface area contributed by atoms with Gasteiger partial charge in [-0.3, -0.25) is 9.40 Å². The van der Waals surface area contributed by atoms with Crippen LogP contribution in [0.2, 0.25) is 0 Å². The standard InChI is InChI=1S/C13H17N3O4S/c1-9-7-13(16(2)14-9)15-21(17,18)10-5-6-11(19-3)12(8-10)20-4/h5-8,15H,1-4H3. The summed E-state index contributed by atoms with van der Waals surface area (Å²) in [6.45, 7) is 1.79. The van der Waals surface area contributed by atoms with Crippen LogP contribution < -0.4 is 14.2 Å². The van der Waals surface area contributed by atoms with Crippen molar-refractivity contribution in [1.29, 1.82) is 0 Å². The third-order valence-electron chi connectivity index (χ3n) is 2.91. The molecule has 1 aromatic heterocycles. The number of hydrogen-bond donors (Lipinski definition) is 1. The van der Waals surface area contributed by atoms with E-state index in [-0.39, 0.29) is 4.90 Å². The number of benzene rings is 1. The molecule has 0 saturated heterocycles. The number of sulfonamides is 1. The summed E-state index contributed by atoms with van der Waals surface area (Å²) in [4.78, 5) is 0.0824. The summed E-state index contributed by atoms with van der Waals surface area (Å²) in [6.07, 6.45) is 0. The number of aryl methyl sites for hydroxylation is 2. The number of nitrogens with one attached hydrogen (secondary N) is 1. The van der Waals surface area contributed by atoms with Gasteiger partial charge in [-0.05, 0) is 19.1 Å². The number of anilines is 1. The first-order valence-corrected chi connectivity index (χ1v) is 7.61. The number of rotatable bonds is 5. The second-order valence-electron chi connectivity index (χ2n) is 4.42. The molecule has 0 aliphatic heterocycles. The monoisotopic (exact) mass is 311 g/mol. The smallest absolute Gasteiger partial charge is 0.263 e. The van der Waals surface area contributed by atoms with Gasteiger partial charge in [0.1, 0.15) is 5.82 Å². The second kappa shape index (κ2) is 5.65. The Morgan fingerprint density at radius 3 is 2.33 bits per heavy atom. The average molecular weight is 311 g/mol. The lowest BCUT2D eigenvalue weighted by Gasteiger charge is -2.11. The van der Waals surface area contributed by atoms with Crippen LogP contribution in [0, 0.1) is 6.92 Å². The lowest BCUT2D eigenvalue weighted by atomic mass is 10.3. The number of nitrogens with zero attached hydrogens (tertiary/aromatic N) is 2. The molecule has 0 radical (unpaired) electrons. The van der Waals surface area contributed by atoms with Crippen LogP contribution in [-0.4, -0.2) is 32.4 Å². The van der Waals surface area contributed by atoms with Crippen LogP contribution >= 0.6 is 0 Å². The van der Waals surface area contributed by atoms with E-state index in [4.69, 9.17) is 9.47 Å². The Morgan fingerprint density at radius 1 is 1.14 bits per heavy atom. The largest absolute Gasteiger partial charge is 0.493 e. The average Bonchev–Trinajstić information content (AvgIpc) is 2.75. The van der Waals surface area contributed by atoms with E-state index in [0.717, 1.165) is 5.69 Å². The van der Waals surface area contributed by atoms with Crippen molar-refractivity contribution in [2.24, 2.45) is 7.05 Å². The van der Waals surface area contributed by atoms with Gasteiger partial charge in [0.2, 0.25) is 0 Å².